The maximum absolute atomic E-state index is 13.4. The van der Waals surface area contributed by atoms with Crippen LogP contribution in [0.3, 0.4) is 0 Å². The fourth-order valence-electron chi connectivity index (χ4n) is 4.94. The SMILES string of the molecule is COc1ccc(C(O)=C2C(=O)C(=O)N(CCCN3CCOCC3)[C@H]2c2ccc(OC)c(OC)c2)c(C)c1. The molecule has 1 atom stereocenters. The second-order valence-corrected chi connectivity index (χ2v) is 9.10. The van der Waals surface area contributed by atoms with Gasteiger partial charge in [0, 0.05) is 31.7 Å². The third-order valence-corrected chi connectivity index (χ3v) is 6.93. The van der Waals surface area contributed by atoms with E-state index in [0.29, 0.717) is 54.6 Å². The molecular weight excluding hydrogens is 476 g/mol. The number of ketones is 1. The fourth-order valence-corrected chi connectivity index (χ4v) is 4.94. The Morgan fingerprint density at radius 2 is 1.70 bits per heavy atom. The monoisotopic (exact) mass is 510 g/mol. The highest BCUT2D eigenvalue weighted by atomic mass is 16.5. The molecule has 2 aliphatic rings. The molecule has 0 spiro atoms. The highest BCUT2D eigenvalue weighted by Crippen LogP contribution is 2.42. The normalized spacial score (nSPS) is 19.8. The predicted molar refractivity (Wildman–Crippen MR) is 138 cm³/mol. The van der Waals surface area contributed by atoms with Crippen LogP contribution >= 0.6 is 0 Å². The molecule has 37 heavy (non-hydrogen) atoms. The van der Waals surface area contributed by atoms with Gasteiger partial charge in [0.25, 0.3) is 11.7 Å². The van der Waals surface area contributed by atoms with Gasteiger partial charge in [-0.2, -0.15) is 0 Å². The first-order chi connectivity index (χ1) is 17.9. The summed E-state index contributed by atoms with van der Waals surface area (Å²) in [6.45, 7) is 6.03. The van der Waals surface area contributed by atoms with E-state index < -0.39 is 17.7 Å². The van der Waals surface area contributed by atoms with Crippen LogP contribution in [-0.2, 0) is 14.3 Å². The molecule has 0 saturated carbocycles. The Morgan fingerprint density at radius 3 is 2.35 bits per heavy atom. The molecule has 2 aromatic rings. The van der Waals surface area contributed by atoms with Crippen molar-refractivity contribution in [2.75, 3.05) is 60.7 Å². The molecule has 0 aromatic heterocycles. The maximum Gasteiger partial charge on any atom is 0.295 e. The van der Waals surface area contributed by atoms with Crippen LogP contribution in [0.2, 0.25) is 0 Å². The predicted octanol–water partition coefficient (Wildman–Crippen LogP) is 3.16. The molecule has 198 valence electrons. The molecule has 2 aromatic carbocycles. The second kappa shape index (κ2) is 11.7. The molecule has 0 radical (unpaired) electrons. The van der Waals surface area contributed by atoms with Crippen LogP contribution in [0, 0.1) is 6.92 Å². The Morgan fingerprint density at radius 1 is 0.973 bits per heavy atom. The van der Waals surface area contributed by atoms with E-state index in [-0.39, 0.29) is 11.3 Å². The average Bonchev–Trinajstić information content (AvgIpc) is 3.17. The number of likely N-dealkylation sites (tertiary alicyclic amines) is 1. The average molecular weight is 511 g/mol. The van der Waals surface area contributed by atoms with E-state index in [1.807, 2.05) is 6.92 Å². The van der Waals surface area contributed by atoms with Crippen LogP contribution in [0.5, 0.6) is 17.2 Å². The quantitative estimate of drug-likeness (QED) is 0.312. The number of Topliss-reactive ketones (excluding diaryl/α,β-unsaturated/α-hetero) is 1. The minimum Gasteiger partial charge on any atom is -0.507 e. The lowest BCUT2D eigenvalue weighted by Gasteiger charge is -2.29. The van der Waals surface area contributed by atoms with E-state index in [0.717, 1.165) is 25.2 Å². The first-order valence-corrected chi connectivity index (χ1v) is 12.3. The topological polar surface area (TPSA) is 97.8 Å². The number of morpholine rings is 1. The van der Waals surface area contributed by atoms with Gasteiger partial charge in [0.2, 0.25) is 0 Å². The first-order valence-electron chi connectivity index (χ1n) is 12.3. The van der Waals surface area contributed by atoms with Gasteiger partial charge in [0.15, 0.2) is 11.5 Å². The number of hydrogen-bond donors (Lipinski definition) is 1. The summed E-state index contributed by atoms with van der Waals surface area (Å²) in [5.74, 6) is 0.0809. The van der Waals surface area contributed by atoms with Crippen molar-refractivity contribution < 1.29 is 33.6 Å². The summed E-state index contributed by atoms with van der Waals surface area (Å²) in [6, 6.07) is 9.69. The standard InChI is InChI=1S/C28H34N2O7/c1-18-16-20(34-2)7-8-21(18)26(31)24-25(19-6-9-22(35-3)23(17-19)36-4)30(28(33)27(24)32)11-5-10-29-12-14-37-15-13-29/h6-9,16-17,25,31H,5,10-15H2,1-4H3/t25-/m0/s1. The van der Waals surface area contributed by atoms with Crippen molar-refractivity contribution in [1.29, 1.82) is 0 Å². The number of aliphatic hydroxyl groups is 1. The number of carbonyl (C=O) groups is 2. The van der Waals surface area contributed by atoms with Gasteiger partial charge >= 0.3 is 0 Å². The van der Waals surface area contributed by atoms with Crippen molar-refractivity contribution >= 4 is 17.4 Å². The van der Waals surface area contributed by atoms with E-state index in [4.69, 9.17) is 18.9 Å². The highest BCUT2D eigenvalue weighted by Gasteiger charge is 2.46. The molecule has 2 heterocycles. The van der Waals surface area contributed by atoms with E-state index in [9.17, 15) is 14.7 Å². The van der Waals surface area contributed by atoms with Crippen LogP contribution < -0.4 is 14.2 Å². The summed E-state index contributed by atoms with van der Waals surface area (Å²) in [7, 11) is 4.64. The zero-order valence-corrected chi connectivity index (χ0v) is 21.8. The molecule has 9 nitrogen and oxygen atoms in total. The minimum absolute atomic E-state index is 0.0526. The number of amides is 1. The Bertz CT molecular complexity index is 1190. The number of ether oxygens (including phenoxy) is 4. The second-order valence-electron chi connectivity index (χ2n) is 9.10. The number of benzene rings is 2. The van der Waals surface area contributed by atoms with Gasteiger partial charge in [-0.3, -0.25) is 14.5 Å². The molecule has 9 heteroatoms. The van der Waals surface area contributed by atoms with Crippen molar-refractivity contribution in [3.8, 4) is 17.2 Å². The van der Waals surface area contributed by atoms with Gasteiger partial charge in [-0.05, 0) is 54.8 Å². The van der Waals surface area contributed by atoms with Crippen LogP contribution in [0.15, 0.2) is 42.0 Å². The van der Waals surface area contributed by atoms with Gasteiger partial charge < -0.3 is 29.0 Å². The highest BCUT2D eigenvalue weighted by molar-refractivity contribution is 6.46. The van der Waals surface area contributed by atoms with Gasteiger partial charge in [-0.25, -0.2) is 0 Å². The number of methoxy groups -OCH3 is 3. The summed E-state index contributed by atoms with van der Waals surface area (Å²) >= 11 is 0. The molecule has 0 aliphatic carbocycles. The number of aliphatic hydroxyl groups excluding tert-OH is 1. The maximum atomic E-state index is 13.4. The molecule has 2 aliphatic heterocycles. The van der Waals surface area contributed by atoms with Crippen LogP contribution in [0.1, 0.15) is 29.2 Å². The summed E-state index contributed by atoms with van der Waals surface area (Å²) in [4.78, 5) is 30.5. The van der Waals surface area contributed by atoms with Gasteiger partial charge in [0.05, 0.1) is 46.2 Å². The third kappa shape index (κ3) is 5.42. The Kier molecular flexibility index (Phi) is 8.35. The van der Waals surface area contributed by atoms with E-state index >= 15 is 0 Å². The zero-order valence-electron chi connectivity index (χ0n) is 21.8. The number of hydrogen-bond acceptors (Lipinski definition) is 8. The van der Waals surface area contributed by atoms with Crippen molar-refractivity contribution in [2.45, 2.75) is 19.4 Å². The van der Waals surface area contributed by atoms with E-state index in [1.165, 1.54) is 7.11 Å². The van der Waals surface area contributed by atoms with Gasteiger partial charge in [0.1, 0.15) is 11.5 Å². The molecular formula is C28H34N2O7. The number of aryl methyl sites for hydroxylation is 1. The molecule has 0 bridgehead atoms. The van der Waals surface area contributed by atoms with Crippen LogP contribution in [0.4, 0.5) is 0 Å². The number of carbonyl (C=O) groups excluding carboxylic acids is 2. The lowest BCUT2D eigenvalue weighted by atomic mass is 9.93. The Labute approximate surface area is 217 Å². The van der Waals surface area contributed by atoms with Gasteiger partial charge in [-0.15, -0.1) is 0 Å². The molecule has 2 saturated heterocycles. The number of rotatable bonds is 9. The van der Waals surface area contributed by atoms with Gasteiger partial charge in [-0.1, -0.05) is 6.07 Å². The number of nitrogens with zero attached hydrogens (tertiary/aromatic N) is 2. The van der Waals surface area contributed by atoms with E-state index in [1.54, 1.807) is 55.5 Å². The molecule has 1 N–H and O–H groups in total. The van der Waals surface area contributed by atoms with Crippen LogP contribution in [-0.4, -0.2) is 87.3 Å². The van der Waals surface area contributed by atoms with Crippen molar-refractivity contribution in [1.82, 2.24) is 9.80 Å². The third-order valence-electron chi connectivity index (χ3n) is 6.93. The summed E-state index contributed by atoms with van der Waals surface area (Å²) in [5.41, 5.74) is 1.90. The van der Waals surface area contributed by atoms with Crippen LogP contribution in [0.25, 0.3) is 5.76 Å². The van der Waals surface area contributed by atoms with Crippen molar-refractivity contribution in [2.24, 2.45) is 0 Å². The largest absolute Gasteiger partial charge is 0.507 e. The molecule has 0 unspecified atom stereocenters. The molecule has 2 fully saturated rings. The minimum atomic E-state index is -0.772. The summed E-state index contributed by atoms with van der Waals surface area (Å²) in [6.07, 6.45) is 0.679. The molecule has 4 rings (SSSR count). The smallest absolute Gasteiger partial charge is 0.295 e. The molecule has 1 amide bonds. The lowest BCUT2D eigenvalue weighted by Crippen LogP contribution is -2.39. The first kappa shape index (κ1) is 26.5. The van der Waals surface area contributed by atoms with Crippen molar-refractivity contribution in [3.63, 3.8) is 0 Å². The Balaban J connectivity index is 1.75. The van der Waals surface area contributed by atoms with Crippen molar-refractivity contribution in [3.05, 3.63) is 58.7 Å². The lowest BCUT2D eigenvalue weighted by molar-refractivity contribution is -0.140. The fraction of sp³-hybridized carbons (Fsp3) is 0.429. The zero-order chi connectivity index (χ0) is 26.5. The van der Waals surface area contributed by atoms with E-state index in [2.05, 4.69) is 4.90 Å². The summed E-state index contributed by atoms with van der Waals surface area (Å²) < 4.78 is 21.6. The summed E-state index contributed by atoms with van der Waals surface area (Å²) in [5, 5.41) is 11.4. The Hall–Kier alpha value is -3.56.